The quantitative estimate of drug-likeness (QED) is 0.812. The van der Waals surface area contributed by atoms with Crippen LogP contribution >= 0.6 is 0 Å². The summed E-state index contributed by atoms with van der Waals surface area (Å²) in [5.74, 6) is -0.559. The zero-order valence-electron chi connectivity index (χ0n) is 15.2. The molecular weight excluding hydrogens is 336 g/mol. The van der Waals surface area contributed by atoms with Gasteiger partial charge in [0.25, 0.3) is 5.56 Å². The molecule has 0 N–H and O–H groups in total. The average Bonchev–Trinajstić information content (AvgIpc) is 3.23. The number of ether oxygens (including phenoxy) is 2. The highest BCUT2D eigenvalue weighted by molar-refractivity contribution is 5.81. The number of rotatable bonds is 3. The largest absolute Gasteiger partial charge is 0.347 e. The van der Waals surface area contributed by atoms with Gasteiger partial charge in [-0.1, -0.05) is 0 Å². The summed E-state index contributed by atoms with van der Waals surface area (Å²) in [6.45, 7) is 6.90. The van der Waals surface area contributed by atoms with Crippen molar-refractivity contribution in [1.29, 1.82) is 0 Å². The van der Waals surface area contributed by atoms with Gasteiger partial charge in [-0.15, -0.1) is 0 Å². The monoisotopic (exact) mass is 360 g/mol. The average molecular weight is 360 g/mol. The van der Waals surface area contributed by atoms with E-state index < -0.39 is 5.79 Å². The highest BCUT2D eigenvalue weighted by Gasteiger charge is 2.40. The number of likely N-dealkylation sites (tertiary alicyclic amines) is 1. The Morgan fingerprint density at radius 3 is 2.62 bits per heavy atom. The van der Waals surface area contributed by atoms with Crippen LogP contribution in [0.3, 0.4) is 0 Å². The third-order valence-corrected chi connectivity index (χ3v) is 5.35. The van der Waals surface area contributed by atoms with Crippen molar-refractivity contribution in [3.63, 3.8) is 0 Å². The summed E-state index contributed by atoms with van der Waals surface area (Å²) in [5.41, 5.74) is 1.22. The predicted octanol–water partition coefficient (Wildman–Crippen LogP) is 0.892. The Hall–Kier alpha value is -2.19. The number of amides is 1. The van der Waals surface area contributed by atoms with E-state index in [2.05, 4.69) is 5.10 Å². The fraction of sp³-hybridized carbons (Fsp3) is 0.611. The molecule has 2 aliphatic heterocycles. The van der Waals surface area contributed by atoms with E-state index in [9.17, 15) is 9.59 Å². The first-order valence-corrected chi connectivity index (χ1v) is 9.15. The molecule has 1 amide bonds. The summed E-state index contributed by atoms with van der Waals surface area (Å²) in [7, 11) is 0. The van der Waals surface area contributed by atoms with E-state index in [1.807, 2.05) is 19.9 Å². The highest BCUT2D eigenvalue weighted by atomic mass is 16.7. The Labute approximate surface area is 151 Å². The van der Waals surface area contributed by atoms with Crippen LogP contribution in [0.25, 0.3) is 10.9 Å². The van der Waals surface area contributed by atoms with Crippen molar-refractivity contribution >= 4 is 16.8 Å². The molecule has 2 fully saturated rings. The first-order valence-electron chi connectivity index (χ1n) is 9.15. The Bertz CT molecular complexity index is 884. The van der Waals surface area contributed by atoms with Gasteiger partial charge in [-0.3, -0.25) is 14.3 Å². The van der Waals surface area contributed by atoms with Gasteiger partial charge >= 0.3 is 0 Å². The van der Waals surface area contributed by atoms with Crippen molar-refractivity contribution in [3.05, 3.63) is 28.3 Å². The second-order valence-corrected chi connectivity index (χ2v) is 6.90. The van der Waals surface area contributed by atoms with E-state index in [1.54, 1.807) is 15.8 Å². The summed E-state index contributed by atoms with van der Waals surface area (Å²) in [4.78, 5) is 27.3. The van der Waals surface area contributed by atoms with Gasteiger partial charge in [0.2, 0.25) is 5.91 Å². The normalized spacial score (nSPS) is 19.5. The van der Waals surface area contributed by atoms with Gasteiger partial charge in [-0.2, -0.15) is 5.10 Å². The van der Waals surface area contributed by atoms with E-state index in [0.717, 1.165) is 11.1 Å². The molecule has 1 spiro atoms. The Balaban J connectivity index is 1.51. The summed E-state index contributed by atoms with van der Waals surface area (Å²) in [6, 6.07) is 1.86. The van der Waals surface area contributed by atoms with Gasteiger partial charge in [-0.05, 0) is 19.9 Å². The topological polar surface area (TPSA) is 78.6 Å². The number of piperidine rings is 1. The van der Waals surface area contributed by atoms with Crippen molar-refractivity contribution in [2.45, 2.75) is 45.6 Å². The minimum Gasteiger partial charge on any atom is -0.347 e. The molecule has 0 unspecified atom stereocenters. The van der Waals surface area contributed by atoms with Gasteiger partial charge in [0, 0.05) is 44.1 Å². The summed E-state index contributed by atoms with van der Waals surface area (Å²) in [5, 5.41) is 5.24. The maximum Gasteiger partial charge on any atom is 0.277 e. The maximum absolute atomic E-state index is 12.8. The third kappa shape index (κ3) is 2.83. The molecule has 0 saturated carbocycles. The Kier molecular flexibility index (Phi) is 4.32. The fourth-order valence-electron chi connectivity index (χ4n) is 3.87. The molecule has 2 saturated heterocycles. The molecular formula is C18H24N4O4. The number of pyridine rings is 1. The smallest absolute Gasteiger partial charge is 0.277 e. The molecule has 4 rings (SSSR count). The van der Waals surface area contributed by atoms with Crippen LogP contribution in [0.4, 0.5) is 0 Å². The lowest BCUT2D eigenvalue weighted by Gasteiger charge is -2.37. The van der Waals surface area contributed by atoms with Gasteiger partial charge < -0.3 is 18.9 Å². The second-order valence-electron chi connectivity index (χ2n) is 6.90. The number of nitrogens with zero attached hydrogens (tertiary/aromatic N) is 4. The molecule has 2 aromatic rings. The van der Waals surface area contributed by atoms with Crippen molar-refractivity contribution in [3.8, 4) is 0 Å². The van der Waals surface area contributed by atoms with Crippen LogP contribution in [-0.4, -0.2) is 57.2 Å². The summed E-state index contributed by atoms with van der Waals surface area (Å²) < 4.78 is 14.6. The molecule has 2 aliphatic rings. The molecule has 8 heteroatoms. The van der Waals surface area contributed by atoms with E-state index >= 15 is 0 Å². The van der Waals surface area contributed by atoms with E-state index in [1.165, 1.54) is 4.57 Å². The molecule has 0 bridgehead atoms. The molecule has 0 radical (unpaired) electrons. The van der Waals surface area contributed by atoms with E-state index in [-0.39, 0.29) is 18.0 Å². The fourth-order valence-corrected chi connectivity index (χ4v) is 3.87. The van der Waals surface area contributed by atoms with Crippen LogP contribution < -0.4 is 5.56 Å². The van der Waals surface area contributed by atoms with Crippen LogP contribution in [0.5, 0.6) is 0 Å². The number of fused-ring (bicyclic) bond motifs is 1. The van der Waals surface area contributed by atoms with Gasteiger partial charge in [-0.25, -0.2) is 0 Å². The minimum atomic E-state index is -0.502. The number of aromatic nitrogens is 3. The summed E-state index contributed by atoms with van der Waals surface area (Å²) >= 11 is 0. The number of hydrogen-bond acceptors (Lipinski definition) is 5. The molecule has 140 valence electrons. The minimum absolute atomic E-state index is 0.0391. The van der Waals surface area contributed by atoms with Crippen molar-refractivity contribution in [2.24, 2.45) is 0 Å². The van der Waals surface area contributed by atoms with Gasteiger partial charge in [0.15, 0.2) is 5.79 Å². The van der Waals surface area contributed by atoms with Crippen LogP contribution in [0.1, 0.15) is 25.5 Å². The molecule has 2 aromatic heterocycles. The molecule has 8 nitrogen and oxygen atoms in total. The number of carbonyl (C=O) groups is 1. The first-order chi connectivity index (χ1) is 12.5. The van der Waals surface area contributed by atoms with Crippen LogP contribution in [0.15, 0.2) is 17.1 Å². The Morgan fingerprint density at radius 2 is 1.96 bits per heavy atom. The predicted molar refractivity (Wildman–Crippen MR) is 94.9 cm³/mol. The van der Waals surface area contributed by atoms with Crippen molar-refractivity contribution < 1.29 is 14.3 Å². The van der Waals surface area contributed by atoms with Gasteiger partial charge in [0.1, 0.15) is 12.1 Å². The highest BCUT2D eigenvalue weighted by Crippen LogP contribution is 2.31. The maximum atomic E-state index is 12.8. The lowest BCUT2D eigenvalue weighted by molar-refractivity contribution is -0.187. The molecule has 0 aliphatic carbocycles. The molecule has 0 aromatic carbocycles. The van der Waals surface area contributed by atoms with E-state index in [4.69, 9.17) is 9.47 Å². The van der Waals surface area contributed by atoms with Gasteiger partial charge in [0.05, 0.1) is 18.9 Å². The number of aryl methyl sites for hydroxylation is 2. The van der Waals surface area contributed by atoms with Crippen molar-refractivity contribution in [1.82, 2.24) is 19.2 Å². The Morgan fingerprint density at radius 1 is 1.27 bits per heavy atom. The van der Waals surface area contributed by atoms with Crippen LogP contribution in [0, 0.1) is 6.92 Å². The summed E-state index contributed by atoms with van der Waals surface area (Å²) in [6.07, 6.45) is 3.04. The first kappa shape index (κ1) is 17.2. The van der Waals surface area contributed by atoms with Crippen LogP contribution in [0.2, 0.25) is 0 Å². The number of hydrogen-bond donors (Lipinski definition) is 0. The SMILES string of the molecule is CCn1nc(C)c2ccn(CC(=O)N3CCC4(CC3)OCCO4)c(=O)c21. The number of carbonyl (C=O) groups excluding carboxylic acids is 1. The second kappa shape index (κ2) is 6.51. The third-order valence-electron chi connectivity index (χ3n) is 5.35. The molecule has 0 atom stereocenters. The van der Waals surface area contributed by atoms with Crippen LogP contribution in [-0.2, 0) is 27.4 Å². The lowest BCUT2D eigenvalue weighted by atomic mass is 10.0. The van der Waals surface area contributed by atoms with E-state index in [0.29, 0.717) is 51.2 Å². The molecule has 4 heterocycles. The zero-order chi connectivity index (χ0) is 18.3. The zero-order valence-corrected chi connectivity index (χ0v) is 15.2. The molecule has 26 heavy (non-hydrogen) atoms. The standard InChI is InChI=1S/C18H24N4O4/c1-3-22-16-14(13(2)19-22)4-7-21(17(16)24)12-15(23)20-8-5-18(6-9-20)25-10-11-26-18/h4,7H,3,5-6,8-12H2,1-2H3. The van der Waals surface area contributed by atoms with Crippen molar-refractivity contribution in [2.75, 3.05) is 26.3 Å². The lowest BCUT2D eigenvalue weighted by Crippen LogP contribution is -2.48.